The second kappa shape index (κ2) is 10.9. The molecule has 0 spiro atoms. The Morgan fingerprint density at radius 1 is 0.975 bits per heavy atom. The van der Waals surface area contributed by atoms with Crippen LogP contribution in [0.2, 0.25) is 5.02 Å². The summed E-state index contributed by atoms with van der Waals surface area (Å²) in [7, 11) is 0. The van der Waals surface area contributed by atoms with E-state index in [1.54, 1.807) is 12.3 Å². The van der Waals surface area contributed by atoms with Crippen LogP contribution in [0.4, 0.5) is 15.8 Å². The number of aromatic nitrogens is 2. The molecule has 0 amide bonds. The zero-order valence-electron chi connectivity index (χ0n) is 22.9. The number of nitrogens with one attached hydrogen (secondary N) is 1. The van der Waals surface area contributed by atoms with Crippen molar-refractivity contribution >= 4 is 40.3 Å². The van der Waals surface area contributed by atoms with Gasteiger partial charge in [-0.2, -0.15) is 0 Å². The highest BCUT2D eigenvalue weighted by Gasteiger charge is 2.42. The molecule has 5 nitrogen and oxygen atoms in total. The van der Waals surface area contributed by atoms with Gasteiger partial charge in [-0.1, -0.05) is 36.7 Å². The Labute approximate surface area is 245 Å². The molecule has 8 heteroatoms. The SMILES string of the molecule is Cc1cc([C@@H]2[C@H](c3ccccn3)NC(=S)N2c2ccc(N3CCC(C)CC3)c(Cl)c2)c(C)n1-c1ccccc1F. The minimum Gasteiger partial charge on any atom is -0.370 e. The van der Waals surface area contributed by atoms with Crippen LogP contribution in [0.5, 0.6) is 0 Å². The second-order valence-corrected chi connectivity index (χ2v) is 11.7. The molecule has 40 heavy (non-hydrogen) atoms. The maximum Gasteiger partial charge on any atom is 0.174 e. The topological polar surface area (TPSA) is 36.3 Å². The molecule has 0 saturated carbocycles. The number of nitrogens with zero attached hydrogens (tertiary/aromatic N) is 4. The van der Waals surface area contributed by atoms with E-state index < -0.39 is 0 Å². The zero-order chi connectivity index (χ0) is 28.0. The molecule has 4 aromatic rings. The second-order valence-electron chi connectivity index (χ2n) is 10.9. The number of aryl methyl sites for hydroxylation is 1. The molecule has 2 saturated heterocycles. The van der Waals surface area contributed by atoms with Crippen LogP contribution in [0.1, 0.15) is 54.5 Å². The minimum atomic E-state index is -0.261. The summed E-state index contributed by atoms with van der Waals surface area (Å²) in [5, 5.41) is 4.85. The molecule has 4 heterocycles. The highest BCUT2D eigenvalue weighted by molar-refractivity contribution is 7.80. The molecule has 0 radical (unpaired) electrons. The number of para-hydroxylation sites is 1. The number of pyridine rings is 1. The van der Waals surface area contributed by atoms with E-state index in [0.717, 1.165) is 53.0 Å². The maximum atomic E-state index is 14.9. The van der Waals surface area contributed by atoms with Gasteiger partial charge in [-0.15, -0.1) is 0 Å². The van der Waals surface area contributed by atoms with Crippen molar-refractivity contribution in [3.05, 3.63) is 106 Å². The van der Waals surface area contributed by atoms with Crippen LogP contribution in [0.3, 0.4) is 0 Å². The maximum absolute atomic E-state index is 14.9. The Morgan fingerprint density at radius 3 is 2.42 bits per heavy atom. The van der Waals surface area contributed by atoms with Crippen molar-refractivity contribution in [2.45, 2.75) is 45.7 Å². The summed E-state index contributed by atoms with van der Waals surface area (Å²) in [4.78, 5) is 9.19. The van der Waals surface area contributed by atoms with Gasteiger partial charge < -0.3 is 19.7 Å². The lowest BCUT2D eigenvalue weighted by Crippen LogP contribution is -2.33. The quantitative estimate of drug-likeness (QED) is 0.248. The minimum absolute atomic E-state index is 0.203. The zero-order valence-corrected chi connectivity index (χ0v) is 24.5. The molecule has 2 fully saturated rings. The highest BCUT2D eigenvalue weighted by atomic mass is 35.5. The van der Waals surface area contributed by atoms with Crippen molar-refractivity contribution < 1.29 is 4.39 Å². The monoisotopic (exact) mass is 573 g/mol. The van der Waals surface area contributed by atoms with Crippen LogP contribution in [0, 0.1) is 25.6 Å². The molecule has 2 atom stereocenters. The number of anilines is 2. The summed E-state index contributed by atoms with van der Waals surface area (Å²) in [6.45, 7) is 8.38. The smallest absolute Gasteiger partial charge is 0.174 e. The first-order chi connectivity index (χ1) is 19.3. The Morgan fingerprint density at radius 2 is 1.73 bits per heavy atom. The van der Waals surface area contributed by atoms with Crippen molar-refractivity contribution in [3.63, 3.8) is 0 Å². The number of rotatable bonds is 5. The van der Waals surface area contributed by atoms with Gasteiger partial charge >= 0.3 is 0 Å². The molecule has 206 valence electrons. The Bertz CT molecular complexity index is 1550. The fraction of sp³-hybridized carbons (Fsp3) is 0.312. The normalized spacial score (nSPS) is 19.8. The average Bonchev–Trinajstić information content (AvgIpc) is 3.45. The van der Waals surface area contributed by atoms with Crippen LogP contribution in [-0.4, -0.2) is 27.8 Å². The molecule has 0 bridgehead atoms. The van der Waals surface area contributed by atoms with E-state index >= 15 is 0 Å². The first kappa shape index (κ1) is 26.8. The number of thiocarbonyl (C=S) groups is 1. The lowest BCUT2D eigenvalue weighted by Gasteiger charge is -2.33. The lowest BCUT2D eigenvalue weighted by molar-refractivity contribution is 0.438. The van der Waals surface area contributed by atoms with Crippen molar-refractivity contribution in [3.8, 4) is 5.69 Å². The van der Waals surface area contributed by atoms with Gasteiger partial charge in [0.25, 0.3) is 0 Å². The van der Waals surface area contributed by atoms with Gasteiger partial charge in [-0.05, 0) is 98.9 Å². The summed E-state index contributed by atoms with van der Waals surface area (Å²) in [5.41, 5.74) is 6.34. The van der Waals surface area contributed by atoms with E-state index in [-0.39, 0.29) is 17.9 Å². The van der Waals surface area contributed by atoms with E-state index in [2.05, 4.69) is 45.2 Å². The third-order valence-corrected chi connectivity index (χ3v) is 8.93. The molecule has 0 unspecified atom stereocenters. The molecule has 2 aromatic carbocycles. The summed E-state index contributed by atoms with van der Waals surface area (Å²) in [6.07, 6.45) is 4.14. The van der Waals surface area contributed by atoms with Gasteiger partial charge in [0.15, 0.2) is 5.11 Å². The fourth-order valence-electron chi connectivity index (χ4n) is 6.19. The molecule has 2 aliphatic heterocycles. The molecular weight excluding hydrogens is 541 g/mol. The summed E-state index contributed by atoms with van der Waals surface area (Å²) in [5.74, 6) is 0.485. The van der Waals surface area contributed by atoms with E-state index in [9.17, 15) is 4.39 Å². The third-order valence-electron chi connectivity index (χ3n) is 8.31. The first-order valence-corrected chi connectivity index (χ1v) is 14.6. The van der Waals surface area contributed by atoms with Gasteiger partial charge in [0.05, 0.1) is 34.2 Å². The molecule has 1 N–H and O–H groups in total. The number of benzene rings is 2. The average molecular weight is 574 g/mol. The van der Waals surface area contributed by atoms with Gasteiger partial charge in [0, 0.05) is 36.4 Å². The molecular formula is C32H33ClFN5S. The predicted molar refractivity (Wildman–Crippen MR) is 165 cm³/mol. The number of halogens is 2. The predicted octanol–water partition coefficient (Wildman–Crippen LogP) is 7.70. The van der Waals surface area contributed by atoms with Crippen molar-refractivity contribution in [1.82, 2.24) is 14.9 Å². The lowest BCUT2D eigenvalue weighted by atomic mass is 9.96. The number of hydrogen-bond donors (Lipinski definition) is 1. The van der Waals surface area contributed by atoms with E-state index in [4.69, 9.17) is 23.8 Å². The van der Waals surface area contributed by atoms with Gasteiger partial charge in [-0.25, -0.2) is 4.39 Å². The van der Waals surface area contributed by atoms with E-state index in [1.165, 1.54) is 18.9 Å². The largest absolute Gasteiger partial charge is 0.370 e. The summed E-state index contributed by atoms with van der Waals surface area (Å²) >= 11 is 12.9. The molecule has 0 aliphatic carbocycles. The van der Waals surface area contributed by atoms with E-state index in [1.807, 2.05) is 54.8 Å². The van der Waals surface area contributed by atoms with Crippen LogP contribution in [-0.2, 0) is 0 Å². The highest BCUT2D eigenvalue weighted by Crippen LogP contribution is 2.45. The summed E-state index contributed by atoms with van der Waals surface area (Å²) in [6, 6.07) is 20.7. The van der Waals surface area contributed by atoms with Crippen molar-refractivity contribution in [1.29, 1.82) is 0 Å². The van der Waals surface area contributed by atoms with Gasteiger partial charge in [0.2, 0.25) is 0 Å². The first-order valence-electron chi connectivity index (χ1n) is 13.8. The molecule has 2 aromatic heterocycles. The third kappa shape index (κ3) is 4.75. The van der Waals surface area contributed by atoms with Crippen LogP contribution in [0.15, 0.2) is 72.9 Å². The Balaban J connectivity index is 1.45. The van der Waals surface area contributed by atoms with Crippen LogP contribution < -0.4 is 15.1 Å². The number of hydrogen-bond acceptors (Lipinski definition) is 3. The molecule has 6 rings (SSSR count). The summed E-state index contributed by atoms with van der Waals surface area (Å²) < 4.78 is 16.9. The number of piperidine rings is 1. The standard InChI is InChI=1S/C32H33ClFN5S/c1-20-13-16-37(17-14-20)28-12-11-23(19-25(28)33)39-31(30(36-32(39)40)27-9-6-7-15-35-27)24-18-21(2)38(22(24)3)29-10-5-4-8-26(29)34/h4-12,15,18-20,30-31H,13-14,16-17H2,1-3H3,(H,36,40)/t30-,31+/m0/s1. The van der Waals surface area contributed by atoms with Crippen molar-refractivity contribution in [2.75, 3.05) is 22.9 Å². The molecule has 2 aliphatic rings. The van der Waals surface area contributed by atoms with Crippen molar-refractivity contribution in [2.24, 2.45) is 5.92 Å². The van der Waals surface area contributed by atoms with Crippen LogP contribution >= 0.6 is 23.8 Å². The fourth-order valence-corrected chi connectivity index (χ4v) is 6.83. The van der Waals surface area contributed by atoms with E-state index in [0.29, 0.717) is 15.8 Å². The Hall–Kier alpha value is -3.42. The van der Waals surface area contributed by atoms with Crippen LogP contribution in [0.25, 0.3) is 5.69 Å². The van der Waals surface area contributed by atoms with Gasteiger partial charge in [0.1, 0.15) is 5.82 Å². The van der Waals surface area contributed by atoms with Gasteiger partial charge in [-0.3, -0.25) is 4.98 Å². The Kier molecular flexibility index (Phi) is 7.27.